The van der Waals surface area contributed by atoms with Crippen LogP contribution in [0.3, 0.4) is 0 Å². The predicted octanol–water partition coefficient (Wildman–Crippen LogP) is 6.71. The van der Waals surface area contributed by atoms with Crippen molar-refractivity contribution in [3.05, 3.63) is 34.4 Å². The van der Waals surface area contributed by atoms with E-state index in [1.54, 1.807) is 0 Å². The molecular weight excluding hydrogens is 424 g/mol. The molecule has 0 amide bonds. The second kappa shape index (κ2) is 12.6. The first-order valence-corrected chi connectivity index (χ1v) is 13.4. The van der Waals surface area contributed by atoms with Gasteiger partial charge in [0, 0.05) is 6.61 Å². The Kier molecular flexibility index (Phi) is 10.8. The van der Waals surface area contributed by atoms with E-state index in [1.165, 1.54) is 16.7 Å². The largest absolute Gasteiger partial charge is 0.396 e. The van der Waals surface area contributed by atoms with Crippen LogP contribution in [0.5, 0.6) is 0 Å². The molecule has 0 unspecified atom stereocenters. The van der Waals surface area contributed by atoms with Gasteiger partial charge in [0.25, 0.3) is 0 Å². The van der Waals surface area contributed by atoms with Crippen LogP contribution in [0.25, 0.3) is 0 Å². The molecule has 2 fully saturated rings. The molecule has 0 radical (unpaired) electrons. The number of hydrogen-bond acceptors (Lipinski definition) is 4. The Balaban J connectivity index is 1.92. The van der Waals surface area contributed by atoms with Crippen LogP contribution < -0.4 is 0 Å². The van der Waals surface area contributed by atoms with Gasteiger partial charge in [-0.15, -0.1) is 0 Å². The van der Waals surface area contributed by atoms with E-state index < -0.39 is 6.10 Å². The van der Waals surface area contributed by atoms with Crippen molar-refractivity contribution in [2.24, 2.45) is 17.3 Å². The van der Waals surface area contributed by atoms with Gasteiger partial charge in [0.2, 0.25) is 0 Å². The summed E-state index contributed by atoms with van der Waals surface area (Å²) in [6, 6.07) is 0. The Bertz CT molecular complexity index is 775. The second-order valence-electron chi connectivity index (χ2n) is 11.8. The molecule has 34 heavy (non-hydrogen) atoms. The van der Waals surface area contributed by atoms with Gasteiger partial charge in [0.1, 0.15) is 12.4 Å². The number of carbonyl (C=O) groups excluding carboxylic acids is 1. The lowest BCUT2D eigenvalue weighted by atomic mass is 9.56. The van der Waals surface area contributed by atoms with Crippen molar-refractivity contribution < 1.29 is 19.7 Å². The lowest BCUT2D eigenvalue weighted by molar-refractivity contribution is -0.105. The van der Waals surface area contributed by atoms with E-state index in [1.807, 2.05) is 20.8 Å². The molecule has 0 bridgehead atoms. The minimum atomic E-state index is -0.415. The summed E-state index contributed by atoms with van der Waals surface area (Å²) in [5.74, 6) is 0.977. The van der Waals surface area contributed by atoms with Crippen LogP contribution in [0.4, 0.5) is 0 Å². The van der Waals surface area contributed by atoms with Crippen molar-refractivity contribution in [3.63, 3.8) is 0 Å². The van der Waals surface area contributed by atoms with Crippen molar-refractivity contribution >= 4 is 6.29 Å². The van der Waals surface area contributed by atoms with Gasteiger partial charge in [-0.2, -0.15) is 0 Å². The molecular formula is C30H50O4. The van der Waals surface area contributed by atoms with Gasteiger partial charge in [-0.05, 0) is 115 Å². The molecule has 0 aromatic heterocycles. The average Bonchev–Trinajstić information content (AvgIpc) is 3.42. The average molecular weight is 475 g/mol. The zero-order valence-corrected chi connectivity index (χ0v) is 22.8. The number of aldehydes is 1. The first kappa shape index (κ1) is 29.0. The highest BCUT2D eigenvalue weighted by atomic mass is 16.6. The molecule has 1 aliphatic carbocycles. The molecule has 194 valence electrons. The minimum Gasteiger partial charge on any atom is -0.396 e. The van der Waals surface area contributed by atoms with E-state index in [4.69, 9.17) is 4.74 Å². The quantitative estimate of drug-likeness (QED) is 0.135. The summed E-state index contributed by atoms with van der Waals surface area (Å²) in [6.07, 6.45) is 14.0. The van der Waals surface area contributed by atoms with E-state index >= 15 is 0 Å². The molecule has 4 nitrogen and oxygen atoms in total. The highest BCUT2D eigenvalue weighted by Gasteiger charge is 2.51. The summed E-state index contributed by atoms with van der Waals surface area (Å²) < 4.78 is 5.56. The molecule has 1 aliphatic heterocycles. The Morgan fingerprint density at radius 3 is 2.38 bits per heavy atom. The molecule has 0 aromatic rings. The van der Waals surface area contributed by atoms with Crippen LogP contribution in [0.2, 0.25) is 0 Å². The fraction of sp³-hybridized carbons (Fsp3) is 0.767. The monoisotopic (exact) mass is 474 g/mol. The minimum absolute atomic E-state index is 0.0343. The van der Waals surface area contributed by atoms with E-state index in [0.29, 0.717) is 18.3 Å². The van der Waals surface area contributed by atoms with E-state index in [-0.39, 0.29) is 23.7 Å². The van der Waals surface area contributed by atoms with Crippen molar-refractivity contribution in [2.45, 2.75) is 124 Å². The van der Waals surface area contributed by atoms with Crippen LogP contribution in [0.15, 0.2) is 34.4 Å². The lowest BCUT2D eigenvalue weighted by Gasteiger charge is -2.48. The zero-order chi connectivity index (χ0) is 25.5. The number of epoxide rings is 1. The maximum absolute atomic E-state index is 11.5. The molecule has 2 aliphatic rings. The summed E-state index contributed by atoms with van der Waals surface area (Å²) in [7, 11) is 0. The van der Waals surface area contributed by atoms with Crippen LogP contribution in [-0.4, -0.2) is 40.9 Å². The predicted molar refractivity (Wildman–Crippen MR) is 141 cm³/mol. The topological polar surface area (TPSA) is 70.1 Å². The van der Waals surface area contributed by atoms with E-state index in [9.17, 15) is 15.0 Å². The smallest absolute Gasteiger partial charge is 0.145 e. The molecule has 2 N–H and O–H groups in total. The summed E-state index contributed by atoms with van der Waals surface area (Å²) >= 11 is 0. The van der Waals surface area contributed by atoms with Crippen molar-refractivity contribution in [2.75, 3.05) is 6.61 Å². The van der Waals surface area contributed by atoms with E-state index in [2.05, 4.69) is 39.8 Å². The normalized spacial score (nSPS) is 31.9. The molecule has 0 spiro atoms. The molecule has 4 heteroatoms. The highest BCUT2D eigenvalue weighted by molar-refractivity contribution is 5.73. The van der Waals surface area contributed by atoms with Gasteiger partial charge in [0.05, 0.1) is 11.7 Å². The Morgan fingerprint density at radius 1 is 1.15 bits per heavy atom. The molecule has 0 aromatic carbocycles. The van der Waals surface area contributed by atoms with Gasteiger partial charge in [-0.3, -0.25) is 4.79 Å². The molecule has 2 rings (SSSR count). The van der Waals surface area contributed by atoms with Crippen LogP contribution in [-0.2, 0) is 9.53 Å². The maximum Gasteiger partial charge on any atom is 0.145 e. The fourth-order valence-corrected chi connectivity index (χ4v) is 6.02. The number of carbonyl (C=O) groups is 1. The number of aliphatic hydroxyl groups is 2. The number of allylic oxidation sites excluding steroid dienone is 5. The third-order valence-electron chi connectivity index (χ3n) is 8.67. The molecule has 1 saturated heterocycles. The summed E-state index contributed by atoms with van der Waals surface area (Å²) in [6.45, 7) is 15.3. The van der Waals surface area contributed by atoms with Gasteiger partial charge < -0.3 is 14.9 Å². The third-order valence-corrected chi connectivity index (χ3v) is 8.67. The van der Waals surface area contributed by atoms with Gasteiger partial charge in [-0.25, -0.2) is 0 Å². The van der Waals surface area contributed by atoms with Crippen LogP contribution in [0, 0.1) is 17.3 Å². The summed E-state index contributed by atoms with van der Waals surface area (Å²) in [5.41, 5.74) is 4.84. The Labute approximate surface area is 208 Å². The number of rotatable bonds is 13. The number of hydrogen-bond donors (Lipinski definition) is 2. The first-order chi connectivity index (χ1) is 16.0. The number of ether oxygens (including phenoxy) is 1. The summed E-state index contributed by atoms with van der Waals surface area (Å²) in [5, 5.41) is 19.8. The van der Waals surface area contributed by atoms with Crippen molar-refractivity contribution in [1.82, 2.24) is 0 Å². The lowest BCUT2D eigenvalue weighted by Crippen LogP contribution is -2.39. The number of aliphatic hydroxyl groups excluding tert-OH is 2. The molecule has 1 heterocycles. The van der Waals surface area contributed by atoms with Crippen LogP contribution >= 0.6 is 0 Å². The highest BCUT2D eigenvalue weighted by Crippen LogP contribution is 2.53. The van der Waals surface area contributed by atoms with Crippen molar-refractivity contribution in [3.8, 4) is 0 Å². The first-order valence-electron chi connectivity index (χ1n) is 13.4. The zero-order valence-electron chi connectivity index (χ0n) is 22.8. The fourth-order valence-electron chi connectivity index (χ4n) is 6.02. The van der Waals surface area contributed by atoms with Gasteiger partial charge in [0.15, 0.2) is 0 Å². The maximum atomic E-state index is 11.5. The Morgan fingerprint density at radius 2 is 1.79 bits per heavy atom. The third kappa shape index (κ3) is 7.63. The van der Waals surface area contributed by atoms with Crippen LogP contribution in [0.1, 0.15) is 106 Å². The summed E-state index contributed by atoms with van der Waals surface area (Å²) in [4.78, 5) is 11.5. The Hall–Kier alpha value is -1.23. The van der Waals surface area contributed by atoms with Gasteiger partial charge >= 0.3 is 0 Å². The molecule has 1 saturated carbocycles. The van der Waals surface area contributed by atoms with E-state index in [0.717, 1.165) is 63.2 Å². The van der Waals surface area contributed by atoms with Gasteiger partial charge in [-0.1, -0.05) is 42.7 Å². The standard InChI is InChI=1S/C30H50O4/c1-21(11-8-12-22(2)19-27(33)28-29(5,6)34-28)13-9-17-30(7)24(4)15-16-25(23(3)20-32)26(30)14-10-18-31/h12-13,20,24,26-28,31,33H,8-11,14-19H2,1-7H3/b21-13+,22-12+,25-23+/t24-,26-,27-,28-,30-/m1/s1. The molecule has 5 atom stereocenters. The SMILES string of the molecule is C/C(=C\CC[C@]1(C)[C@H](C)CC/C(=C(/C)C=O)[C@H]1CCCO)CC/C=C(\C)C[C@@H](O)[C@H]1OC1(C)C. The second-order valence-corrected chi connectivity index (χ2v) is 11.8. The van der Waals surface area contributed by atoms with Crippen molar-refractivity contribution in [1.29, 1.82) is 0 Å².